The predicted octanol–water partition coefficient (Wildman–Crippen LogP) is 11.0. The van der Waals surface area contributed by atoms with E-state index in [1.165, 1.54) is 5.56 Å². The van der Waals surface area contributed by atoms with Crippen molar-refractivity contribution < 1.29 is 0 Å². The van der Waals surface area contributed by atoms with Crippen LogP contribution in [0.3, 0.4) is 0 Å². The number of hydrogen-bond donors (Lipinski definition) is 0. The van der Waals surface area contributed by atoms with E-state index >= 15 is 0 Å². The van der Waals surface area contributed by atoms with Gasteiger partial charge < -0.3 is 0 Å². The molecule has 0 spiro atoms. The molecule has 3 heterocycles. The highest BCUT2D eigenvalue weighted by atomic mass is 14.9. The van der Waals surface area contributed by atoms with Crippen LogP contribution in [0.2, 0.25) is 0 Å². The Labute approximate surface area is 274 Å². The summed E-state index contributed by atoms with van der Waals surface area (Å²) in [6, 6.07) is 52.5. The monoisotopic (exact) mass is 604 g/mol. The first kappa shape index (κ1) is 28.5. The van der Waals surface area contributed by atoms with Gasteiger partial charge in [-0.15, -0.1) is 0 Å². The van der Waals surface area contributed by atoms with E-state index < -0.39 is 0 Å². The van der Waals surface area contributed by atoms with E-state index in [1.54, 1.807) is 0 Å². The summed E-state index contributed by atoms with van der Waals surface area (Å²) in [5, 5.41) is 2.11. The maximum atomic E-state index is 5.30. The fraction of sp³-hybridized carbons (Fsp3) is 0.0698. The molecule has 47 heavy (non-hydrogen) atoms. The summed E-state index contributed by atoms with van der Waals surface area (Å²) in [4.78, 5) is 20.7. The van der Waals surface area contributed by atoms with Gasteiger partial charge in [-0.25, -0.2) is 15.0 Å². The van der Waals surface area contributed by atoms with Crippen LogP contribution in [-0.2, 0) is 0 Å². The summed E-state index contributed by atoms with van der Waals surface area (Å²) in [6.45, 7) is 4.34. The average Bonchev–Trinajstić information content (AvgIpc) is 3.15. The summed E-state index contributed by atoms with van der Waals surface area (Å²) in [6.07, 6.45) is 0. The molecule has 3 aromatic heterocycles. The van der Waals surface area contributed by atoms with Crippen LogP contribution in [0.25, 0.3) is 78.1 Å². The molecule has 0 saturated heterocycles. The van der Waals surface area contributed by atoms with E-state index in [1.807, 2.05) is 30.3 Å². The number of pyridine rings is 2. The first-order valence-corrected chi connectivity index (χ1v) is 16.0. The van der Waals surface area contributed by atoms with Crippen molar-refractivity contribution in [1.82, 2.24) is 19.9 Å². The number of hydrogen-bond acceptors (Lipinski definition) is 4. The molecule has 0 unspecified atom stereocenters. The second-order valence-electron chi connectivity index (χ2n) is 12.1. The van der Waals surface area contributed by atoms with Gasteiger partial charge in [-0.05, 0) is 46.4 Å². The fourth-order valence-electron chi connectivity index (χ4n) is 6.11. The molecule has 0 aliphatic heterocycles. The number of fused-ring (bicyclic) bond motifs is 3. The van der Waals surface area contributed by atoms with Gasteiger partial charge in [0.2, 0.25) is 0 Å². The summed E-state index contributed by atoms with van der Waals surface area (Å²) in [5.41, 5.74) is 11.8. The molecule has 0 fully saturated rings. The molecule has 5 aromatic carbocycles. The lowest BCUT2D eigenvalue weighted by atomic mass is 9.98. The van der Waals surface area contributed by atoms with Crippen LogP contribution in [-0.4, -0.2) is 19.9 Å². The van der Waals surface area contributed by atoms with Crippen LogP contribution < -0.4 is 0 Å². The molecule has 8 rings (SSSR count). The van der Waals surface area contributed by atoms with Crippen LogP contribution in [0.4, 0.5) is 0 Å². The maximum absolute atomic E-state index is 5.30. The van der Waals surface area contributed by atoms with E-state index in [0.29, 0.717) is 17.4 Å². The van der Waals surface area contributed by atoms with E-state index in [9.17, 15) is 0 Å². The van der Waals surface area contributed by atoms with Crippen molar-refractivity contribution in [1.29, 1.82) is 0 Å². The highest BCUT2D eigenvalue weighted by Crippen LogP contribution is 2.36. The van der Waals surface area contributed by atoms with Gasteiger partial charge in [0.25, 0.3) is 0 Å². The SMILES string of the molecule is CC(C)c1ccc2ccc3c(-c4ccccc4)cc(-c4nc(-c5ccccc5)cc(-c5ccc(-c6ccccc6)cc5)n4)nc3c2n1. The first-order valence-electron chi connectivity index (χ1n) is 16.0. The maximum Gasteiger partial charge on any atom is 0.179 e. The van der Waals surface area contributed by atoms with Crippen LogP contribution in [0.1, 0.15) is 25.5 Å². The number of benzene rings is 5. The Morgan fingerprint density at radius 3 is 1.57 bits per heavy atom. The molecule has 0 aliphatic carbocycles. The average molecular weight is 605 g/mol. The Balaban J connectivity index is 1.36. The zero-order valence-electron chi connectivity index (χ0n) is 26.3. The van der Waals surface area contributed by atoms with Gasteiger partial charge in [-0.2, -0.15) is 0 Å². The lowest BCUT2D eigenvalue weighted by Gasteiger charge is -2.14. The quantitative estimate of drug-likeness (QED) is 0.177. The molecule has 4 nitrogen and oxygen atoms in total. The molecule has 0 N–H and O–H groups in total. The molecule has 0 amide bonds. The van der Waals surface area contributed by atoms with Gasteiger partial charge in [0.05, 0.1) is 22.4 Å². The normalized spacial score (nSPS) is 11.4. The molecule has 0 bridgehead atoms. The Hall–Kier alpha value is -6.00. The second-order valence-corrected chi connectivity index (χ2v) is 12.1. The Bertz CT molecular complexity index is 2350. The Morgan fingerprint density at radius 1 is 0.404 bits per heavy atom. The van der Waals surface area contributed by atoms with Crippen molar-refractivity contribution >= 4 is 21.8 Å². The van der Waals surface area contributed by atoms with Crippen molar-refractivity contribution in [3.8, 4) is 56.3 Å². The van der Waals surface area contributed by atoms with Gasteiger partial charge in [0.1, 0.15) is 5.69 Å². The third-order valence-electron chi connectivity index (χ3n) is 8.65. The molecule has 0 radical (unpaired) electrons. The molecular weight excluding hydrogens is 573 g/mol. The standard InChI is InChI=1S/C43H32N4/c1-28(2)37-25-23-34-22-24-35-36(31-14-8-4-9-15-31)26-40(45-42(35)41(34)44-37)43-46-38(32-16-10-5-11-17-32)27-39(47-43)33-20-18-30(19-21-33)29-12-6-3-7-13-29/h3-28H,1-2H3. The molecule has 8 aromatic rings. The van der Waals surface area contributed by atoms with Gasteiger partial charge in [0.15, 0.2) is 5.82 Å². The summed E-state index contributed by atoms with van der Waals surface area (Å²) in [5.74, 6) is 0.873. The molecular formula is C43H32N4. The number of nitrogens with zero attached hydrogens (tertiary/aromatic N) is 4. The van der Waals surface area contributed by atoms with E-state index in [2.05, 4.69) is 135 Å². The first-order chi connectivity index (χ1) is 23.1. The van der Waals surface area contributed by atoms with Gasteiger partial charge in [-0.1, -0.05) is 147 Å². The second kappa shape index (κ2) is 12.1. The third-order valence-corrected chi connectivity index (χ3v) is 8.65. The zero-order chi connectivity index (χ0) is 31.7. The van der Waals surface area contributed by atoms with Crippen LogP contribution in [0.5, 0.6) is 0 Å². The highest BCUT2D eigenvalue weighted by molar-refractivity contribution is 6.09. The smallest absolute Gasteiger partial charge is 0.179 e. The molecule has 224 valence electrons. The van der Waals surface area contributed by atoms with Crippen LogP contribution in [0.15, 0.2) is 152 Å². The number of aromatic nitrogens is 4. The lowest BCUT2D eigenvalue weighted by Crippen LogP contribution is -2.00. The molecule has 0 aliphatic rings. The summed E-state index contributed by atoms with van der Waals surface area (Å²) < 4.78 is 0. The highest BCUT2D eigenvalue weighted by Gasteiger charge is 2.17. The lowest BCUT2D eigenvalue weighted by molar-refractivity contribution is 0.830. The van der Waals surface area contributed by atoms with Gasteiger partial charge in [-0.3, -0.25) is 4.98 Å². The van der Waals surface area contributed by atoms with Gasteiger partial charge in [0, 0.05) is 27.6 Å². The van der Waals surface area contributed by atoms with Crippen molar-refractivity contribution in [3.63, 3.8) is 0 Å². The largest absolute Gasteiger partial charge is 0.250 e. The summed E-state index contributed by atoms with van der Waals surface area (Å²) in [7, 11) is 0. The minimum Gasteiger partial charge on any atom is -0.250 e. The van der Waals surface area contributed by atoms with E-state index in [-0.39, 0.29) is 0 Å². The fourth-order valence-corrected chi connectivity index (χ4v) is 6.11. The minimum atomic E-state index is 0.299. The molecule has 4 heteroatoms. The van der Waals surface area contributed by atoms with Crippen LogP contribution >= 0.6 is 0 Å². The van der Waals surface area contributed by atoms with Crippen molar-refractivity contribution in [2.45, 2.75) is 19.8 Å². The van der Waals surface area contributed by atoms with Crippen molar-refractivity contribution in [2.75, 3.05) is 0 Å². The molecule has 0 atom stereocenters. The number of rotatable bonds is 6. The Morgan fingerprint density at radius 2 is 0.936 bits per heavy atom. The predicted molar refractivity (Wildman–Crippen MR) is 194 cm³/mol. The Kier molecular flexibility index (Phi) is 7.31. The van der Waals surface area contributed by atoms with Crippen molar-refractivity contribution in [3.05, 3.63) is 157 Å². The van der Waals surface area contributed by atoms with Gasteiger partial charge >= 0.3 is 0 Å². The van der Waals surface area contributed by atoms with E-state index in [0.717, 1.165) is 66.7 Å². The van der Waals surface area contributed by atoms with Crippen molar-refractivity contribution in [2.24, 2.45) is 0 Å². The van der Waals surface area contributed by atoms with Crippen LogP contribution in [0, 0.1) is 0 Å². The van der Waals surface area contributed by atoms with E-state index in [4.69, 9.17) is 19.9 Å². The minimum absolute atomic E-state index is 0.299. The topological polar surface area (TPSA) is 51.6 Å². The molecule has 0 saturated carbocycles. The zero-order valence-corrected chi connectivity index (χ0v) is 26.3. The summed E-state index contributed by atoms with van der Waals surface area (Å²) >= 11 is 0. The third kappa shape index (κ3) is 5.55.